The van der Waals surface area contributed by atoms with Gasteiger partial charge in [-0.1, -0.05) is 45.5 Å². The highest BCUT2D eigenvalue weighted by atomic mass is 32.2. The number of rotatable bonds is 24. The number of carbonyl (C=O) groups is 4. The van der Waals surface area contributed by atoms with Crippen molar-refractivity contribution in [3.63, 3.8) is 0 Å². The molecule has 0 aromatic carbocycles. The number of thioether (sulfide) groups is 1. The number of ether oxygens (including phenoxy) is 2. The Morgan fingerprint density at radius 3 is 2.47 bits per heavy atom. The number of carbonyl (C=O) groups excluding carboxylic acids is 4. The number of hydrogen-bond donors (Lipinski definition) is 6. The number of nitrogens with zero attached hydrogens (tertiary/aromatic N) is 4. The normalized spacial score (nSPS) is 32.8. The van der Waals surface area contributed by atoms with E-state index in [4.69, 9.17) is 15.2 Å². The molecule has 3 aliphatic heterocycles. The molecule has 2 aromatic rings. The molecule has 2 amide bonds. The molecule has 7 N–H and O–H groups in total. The summed E-state index contributed by atoms with van der Waals surface area (Å²) in [5, 5.41) is 37.2. The van der Waals surface area contributed by atoms with Crippen molar-refractivity contribution in [2.45, 2.75) is 122 Å². The zero-order valence-electron chi connectivity index (χ0n) is 39.8. The van der Waals surface area contributed by atoms with Gasteiger partial charge in [0.25, 0.3) is 15.6 Å². The Morgan fingerprint density at radius 1 is 1.07 bits per heavy atom. The number of nitrogens with two attached hydrogens (primary N) is 1. The largest absolute Gasteiger partial charge is 0.790 e. The average molecular weight is 1090 g/mol. The number of aliphatic hydroxyl groups is 3. The molecule has 402 valence electrons. The Kier molecular flexibility index (Phi) is 16.6. The minimum Gasteiger partial charge on any atom is -0.790 e. The Labute approximate surface area is 417 Å². The fraction of sp³-hybridized carbons (Fsp3) is 0.732. The zero-order chi connectivity index (χ0) is 53.0. The molecule has 0 radical (unpaired) electrons. The lowest BCUT2D eigenvalue weighted by molar-refractivity contribution is -0.347. The average Bonchev–Trinajstić information content (AvgIpc) is 3.98. The van der Waals surface area contributed by atoms with Crippen molar-refractivity contribution in [3.8, 4) is 0 Å². The Bertz CT molecular complexity index is 2590. The molecule has 15 atom stereocenters. The number of nitrogens with one attached hydrogen (secondary N) is 2. The number of aliphatic hydroxyl groups excluding tert-OH is 3. The van der Waals surface area contributed by atoms with Crippen molar-refractivity contribution in [2.75, 3.05) is 37.8 Å². The van der Waals surface area contributed by atoms with Crippen molar-refractivity contribution >= 4 is 74.9 Å². The van der Waals surface area contributed by atoms with Gasteiger partial charge in [-0.2, -0.15) is 0 Å². The van der Waals surface area contributed by atoms with E-state index in [1.165, 1.54) is 13.8 Å². The minimum atomic E-state index is -5.95. The van der Waals surface area contributed by atoms with Gasteiger partial charge in [0.2, 0.25) is 11.8 Å². The van der Waals surface area contributed by atoms with Gasteiger partial charge in [-0.25, -0.2) is 19.3 Å². The molecule has 3 saturated heterocycles. The third kappa shape index (κ3) is 12.1. The van der Waals surface area contributed by atoms with E-state index in [9.17, 15) is 67.8 Å². The first-order valence-electron chi connectivity index (χ1n) is 23.0. The molecule has 27 nitrogen and oxygen atoms in total. The Hall–Kier alpha value is -3.11. The van der Waals surface area contributed by atoms with Crippen LogP contribution in [0.15, 0.2) is 24.8 Å². The number of anilines is 1. The maximum absolute atomic E-state index is 13.4. The third-order valence-electron chi connectivity index (χ3n) is 14.5. The van der Waals surface area contributed by atoms with Crippen molar-refractivity contribution in [3.05, 3.63) is 24.8 Å². The summed E-state index contributed by atoms with van der Waals surface area (Å²) < 4.78 is 67.5. The fourth-order valence-corrected chi connectivity index (χ4v) is 14.4. The number of phosphoric ester groups is 3. The summed E-state index contributed by atoms with van der Waals surface area (Å²) in [5.41, 5.74) is 3.04. The smallest absolute Gasteiger partial charge is 0.274 e. The number of aromatic nitrogens is 4. The van der Waals surface area contributed by atoms with Crippen molar-refractivity contribution < 1.29 is 95.1 Å². The van der Waals surface area contributed by atoms with Gasteiger partial charge >= 0.3 is 0 Å². The third-order valence-corrected chi connectivity index (χ3v) is 18.6. The van der Waals surface area contributed by atoms with E-state index in [-0.39, 0.29) is 82.6 Å². The second-order valence-corrected chi connectivity index (χ2v) is 25.3. The molecule has 4 bridgehead atoms. The zero-order valence-corrected chi connectivity index (χ0v) is 43.3. The topological polar surface area (TPSA) is 421 Å². The van der Waals surface area contributed by atoms with Crippen LogP contribution in [0, 0.1) is 34.0 Å². The van der Waals surface area contributed by atoms with Crippen molar-refractivity contribution in [1.82, 2.24) is 30.2 Å². The molecule has 5 heterocycles. The van der Waals surface area contributed by atoms with Crippen LogP contribution < -0.4 is 35.9 Å². The van der Waals surface area contributed by atoms with Gasteiger partial charge in [-0.05, 0) is 56.4 Å². The highest BCUT2D eigenvalue weighted by molar-refractivity contribution is 8.13. The fourth-order valence-electron chi connectivity index (χ4n) is 10.9. The quantitative estimate of drug-likeness (QED) is 0.0522. The molecular formula is C41H58N7O20P3S-4. The standard InChI is InChI=1S/C41H62N7O20P3S/c1-21(23(49)6-9-39(4)26(50)7-10-41-15-22-14-24(31(39)41)66-40(22,5)17-41)37(55)72-13-12-43-27(51)8-11-44-35(54)32(53)38(2,3)18-64-71(61,62)68-70(59,60)63-16-25-30(67-69(56,57)58)29(52)36(65-25)48-20-47-28-33(42)45-19-46-34(28)48/h7,10,19-25,29-32,36,49,52-53H,6,8-9,11-18H2,1-5H3,(H,43,51)(H,44,54)(H,59,60)(H,61,62)(H2,42,45,46)(H2,56,57,58)/p-4/t21?,22-,23+,24+,25-,29-,30-,31+,32+,36-,39-,40+,41+/m1/s1. The summed E-state index contributed by atoms with van der Waals surface area (Å²) in [7, 11) is -17.7. The lowest BCUT2D eigenvalue weighted by Crippen LogP contribution is -2.56. The van der Waals surface area contributed by atoms with Gasteiger partial charge < -0.3 is 78.9 Å². The van der Waals surface area contributed by atoms with Crippen LogP contribution in [-0.2, 0) is 60.2 Å². The molecule has 2 aromatic heterocycles. The molecular weight excluding hydrogens is 1040 g/mol. The van der Waals surface area contributed by atoms with Crippen LogP contribution in [-0.4, -0.2) is 132 Å². The van der Waals surface area contributed by atoms with E-state index in [2.05, 4.69) is 56.5 Å². The van der Waals surface area contributed by atoms with E-state index < -0.39 is 102 Å². The number of ketones is 1. The summed E-state index contributed by atoms with van der Waals surface area (Å²) in [6.45, 7) is 5.59. The first-order valence-corrected chi connectivity index (χ1v) is 28.3. The number of amides is 2. The Morgan fingerprint density at radius 2 is 1.78 bits per heavy atom. The molecule has 31 heteroatoms. The number of phosphoric acid groups is 3. The Balaban J connectivity index is 0.790. The van der Waals surface area contributed by atoms with Crippen molar-refractivity contribution in [1.29, 1.82) is 0 Å². The van der Waals surface area contributed by atoms with Crippen LogP contribution in [0.25, 0.3) is 11.2 Å². The number of imidazole rings is 1. The summed E-state index contributed by atoms with van der Waals surface area (Å²) in [4.78, 5) is 111. The first-order chi connectivity index (χ1) is 33.4. The molecule has 5 fully saturated rings. The van der Waals surface area contributed by atoms with Gasteiger partial charge in [0.05, 0.1) is 51.1 Å². The highest BCUT2D eigenvalue weighted by Gasteiger charge is 2.71. The second-order valence-electron chi connectivity index (χ2n) is 20.2. The predicted octanol–water partition coefficient (Wildman–Crippen LogP) is -1.37. The molecule has 72 heavy (non-hydrogen) atoms. The van der Waals surface area contributed by atoms with Crippen LogP contribution in [0.2, 0.25) is 0 Å². The van der Waals surface area contributed by atoms with E-state index in [0.717, 1.165) is 48.2 Å². The van der Waals surface area contributed by atoms with Crippen LogP contribution >= 0.6 is 35.2 Å². The molecule has 3 aliphatic carbocycles. The monoisotopic (exact) mass is 1090 g/mol. The summed E-state index contributed by atoms with van der Waals surface area (Å²) in [6.07, 6.45) is -1.56. The molecule has 3 unspecified atom stereocenters. The molecule has 2 saturated carbocycles. The van der Waals surface area contributed by atoms with Crippen LogP contribution in [0.3, 0.4) is 0 Å². The van der Waals surface area contributed by atoms with Gasteiger partial charge in [0.15, 0.2) is 28.6 Å². The minimum absolute atomic E-state index is 0.0104. The lowest BCUT2D eigenvalue weighted by Gasteiger charge is -2.55. The summed E-state index contributed by atoms with van der Waals surface area (Å²) in [5.74, 6) is -1.73. The van der Waals surface area contributed by atoms with Crippen LogP contribution in [0.5, 0.6) is 0 Å². The lowest BCUT2D eigenvalue weighted by atomic mass is 9.51. The van der Waals surface area contributed by atoms with Gasteiger partial charge in [0.1, 0.15) is 36.3 Å². The van der Waals surface area contributed by atoms with Gasteiger partial charge in [0, 0.05) is 42.0 Å². The predicted molar refractivity (Wildman–Crippen MR) is 241 cm³/mol. The second kappa shape index (κ2) is 21.1. The molecule has 6 aliphatic rings. The van der Waals surface area contributed by atoms with Gasteiger partial charge in [-0.3, -0.25) is 32.9 Å². The van der Waals surface area contributed by atoms with E-state index in [0.29, 0.717) is 12.3 Å². The highest BCUT2D eigenvalue weighted by Crippen LogP contribution is 2.71. The number of hydrogen-bond acceptors (Lipinski definition) is 25. The van der Waals surface area contributed by atoms with Crippen LogP contribution in [0.1, 0.15) is 79.4 Å². The number of fused-ring (bicyclic) bond motifs is 1. The SMILES string of the molecule is CC(C(=O)SCCNC(=O)CCNC(=O)[C@H](O)C(C)(C)COP(=O)([O-])OP(=O)([O-])OC[C@H]1O[C@@H](n2cnc3c(N)ncnc32)[C@H](O)[C@@H]1OP(=O)([O-])[O-])[C@@H](O)CC[C@]1(C)C(=O)C=C[C@]23C[C@H]4C[C@H](O[C@@]4(C)C2)[C@H]31. The van der Waals surface area contributed by atoms with E-state index in [1.807, 2.05) is 6.92 Å². The number of allylic oxidation sites excluding steroid dienone is 2. The maximum atomic E-state index is 13.4. The summed E-state index contributed by atoms with van der Waals surface area (Å²) >= 11 is 0.931. The maximum Gasteiger partial charge on any atom is 0.274 e. The molecule has 8 rings (SSSR count). The first kappa shape index (κ1) is 56.6. The number of nitrogen functional groups attached to an aromatic ring is 1. The van der Waals surface area contributed by atoms with E-state index >= 15 is 0 Å². The van der Waals surface area contributed by atoms with Gasteiger partial charge in [-0.15, -0.1) is 0 Å². The van der Waals surface area contributed by atoms with E-state index in [1.54, 1.807) is 13.0 Å². The van der Waals surface area contributed by atoms with Crippen LogP contribution in [0.4, 0.5) is 5.82 Å². The molecule has 1 spiro atoms. The summed E-state index contributed by atoms with van der Waals surface area (Å²) in [6, 6.07) is 0. The van der Waals surface area contributed by atoms with Crippen molar-refractivity contribution in [2.24, 2.45) is 34.0 Å².